The molecule has 0 aliphatic rings. The fraction of sp³-hybridized carbons (Fsp3) is 0.158. The molecule has 0 saturated carbocycles. The van der Waals surface area contributed by atoms with Crippen LogP contribution in [0.5, 0.6) is 0 Å². The number of ether oxygens (including phenoxy) is 1. The second kappa shape index (κ2) is 9.54. The van der Waals surface area contributed by atoms with Crippen molar-refractivity contribution >= 4 is 41.1 Å². The van der Waals surface area contributed by atoms with E-state index in [1.54, 1.807) is 12.1 Å². The smallest absolute Gasteiger partial charge is 0.331 e. The second-order valence-corrected chi connectivity index (χ2v) is 6.30. The van der Waals surface area contributed by atoms with Crippen LogP contribution in [-0.4, -0.2) is 29.2 Å². The van der Waals surface area contributed by atoms with Gasteiger partial charge in [-0.3, -0.25) is 14.9 Å². The van der Waals surface area contributed by atoms with Gasteiger partial charge in [-0.2, -0.15) is 0 Å². The molecule has 0 radical (unpaired) electrons. The molecule has 0 aliphatic carbocycles. The van der Waals surface area contributed by atoms with Crippen molar-refractivity contribution in [2.24, 2.45) is 0 Å². The van der Waals surface area contributed by atoms with Gasteiger partial charge in [0.1, 0.15) is 0 Å². The lowest BCUT2D eigenvalue weighted by Gasteiger charge is -2.14. The monoisotopic (exact) mass is 386 g/mol. The molecular weight excluding hydrogens is 368 g/mol. The highest BCUT2D eigenvalue weighted by Gasteiger charge is 2.17. The highest BCUT2D eigenvalue weighted by Crippen LogP contribution is 2.24. The van der Waals surface area contributed by atoms with Gasteiger partial charge < -0.3 is 10.1 Å². The third kappa shape index (κ3) is 5.96. The first-order valence-electron chi connectivity index (χ1n) is 7.97. The first-order valence-corrected chi connectivity index (χ1v) is 9.20. The van der Waals surface area contributed by atoms with Gasteiger partial charge in [0, 0.05) is 23.1 Å². The number of carbonyl (C=O) groups excluding carboxylic acids is 2. The molecule has 2 aromatic rings. The molecule has 2 rings (SSSR count). The lowest BCUT2D eigenvalue weighted by atomic mass is 10.2. The molecule has 2 aromatic carbocycles. The molecule has 7 nitrogen and oxygen atoms in total. The van der Waals surface area contributed by atoms with E-state index in [1.807, 2.05) is 18.4 Å². The topological polar surface area (TPSA) is 98.5 Å². The van der Waals surface area contributed by atoms with E-state index in [4.69, 9.17) is 4.74 Å². The molecule has 0 saturated heterocycles. The standard InChI is InChI=1S/C19H18N2O5S/c1-13(19(23)20-16-5-3-4-6-17(16)27-2)26-18(22)12-9-14-7-10-15(11-8-14)21(24)25/h3-13H,1-2H3,(H,20,23)/b12-9+/t13-/m0/s1. The maximum Gasteiger partial charge on any atom is 0.331 e. The van der Waals surface area contributed by atoms with Gasteiger partial charge in [0.25, 0.3) is 11.6 Å². The van der Waals surface area contributed by atoms with E-state index in [9.17, 15) is 19.7 Å². The van der Waals surface area contributed by atoms with Gasteiger partial charge in [0.15, 0.2) is 6.10 Å². The Morgan fingerprint density at radius 1 is 1.19 bits per heavy atom. The van der Waals surface area contributed by atoms with Crippen molar-refractivity contribution in [3.8, 4) is 0 Å². The fourth-order valence-electron chi connectivity index (χ4n) is 2.12. The predicted molar refractivity (Wildman–Crippen MR) is 105 cm³/mol. The van der Waals surface area contributed by atoms with E-state index in [0.717, 1.165) is 4.90 Å². The van der Waals surface area contributed by atoms with E-state index < -0.39 is 22.9 Å². The molecule has 0 fully saturated rings. The number of nitrogens with one attached hydrogen (secondary N) is 1. The summed E-state index contributed by atoms with van der Waals surface area (Å²) in [5.41, 5.74) is 1.22. The molecule has 27 heavy (non-hydrogen) atoms. The van der Waals surface area contributed by atoms with Crippen LogP contribution in [0.1, 0.15) is 12.5 Å². The maximum absolute atomic E-state index is 12.2. The van der Waals surface area contributed by atoms with Crippen LogP contribution in [0.4, 0.5) is 11.4 Å². The van der Waals surface area contributed by atoms with Crippen LogP contribution in [0.15, 0.2) is 59.5 Å². The fourth-order valence-corrected chi connectivity index (χ4v) is 2.67. The summed E-state index contributed by atoms with van der Waals surface area (Å²) in [5.74, 6) is -1.12. The summed E-state index contributed by atoms with van der Waals surface area (Å²) in [6.45, 7) is 1.48. The number of esters is 1. The van der Waals surface area contributed by atoms with Crippen LogP contribution in [0, 0.1) is 10.1 Å². The number of para-hydroxylation sites is 1. The zero-order valence-electron chi connectivity index (χ0n) is 14.7. The summed E-state index contributed by atoms with van der Waals surface area (Å²) in [4.78, 5) is 35.1. The minimum Gasteiger partial charge on any atom is -0.449 e. The van der Waals surface area contributed by atoms with Crippen LogP contribution >= 0.6 is 11.8 Å². The van der Waals surface area contributed by atoms with Gasteiger partial charge in [-0.15, -0.1) is 11.8 Å². The highest BCUT2D eigenvalue weighted by atomic mass is 32.2. The van der Waals surface area contributed by atoms with Crippen LogP contribution in [0.25, 0.3) is 6.08 Å². The van der Waals surface area contributed by atoms with E-state index in [1.165, 1.54) is 55.1 Å². The Bertz CT molecular complexity index is 865. The van der Waals surface area contributed by atoms with Crippen molar-refractivity contribution in [1.29, 1.82) is 0 Å². The second-order valence-electron chi connectivity index (χ2n) is 5.45. The Hall–Kier alpha value is -3.13. The first-order chi connectivity index (χ1) is 12.9. The zero-order valence-corrected chi connectivity index (χ0v) is 15.6. The number of benzene rings is 2. The molecule has 0 aliphatic heterocycles. The number of rotatable bonds is 7. The third-order valence-electron chi connectivity index (χ3n) is 3.54. The molecular formula is C19H18N2O5S. The van der Waals surface area contributed by atoms with Gasteiger partial charge >= 0.3 is 5.97 Å². The molecule has 1 atom stereocenters. The van der Waals surface area contributed by atoms with Crippen LogP contribution in [0.2, 0.25) is 0 Å². The average molecular weight is 386 g/mol. The molecule has 0 aromatic heterocycles. The Morgan fingerprint density at radius 3 is 2.48 bits per heavy atom. The molecule has 1 N–H and O–H groups in total. The maximum atomic E-state index is 12.2. The van der Waals surface area contributed by atoms with E-state index in [0.29, 0.717) is 11.3 Å². The lowest BCUT2D eigenvalue weighted by molar-refractivity contribution is -0.384. The summed E-state index contributed by atoms with van der Waals surface area (Å²) >= 11 is 1.50. The zero-order chi connectivity index (χ0) is 19.8. The Morgan fingerprint density at radius 2 is 1.85 bits per heavy atom. The predicted octanol–water partition coefficient (Wildman–Crippen LogP) is 3.90. The minimum atomic E-state index is -0.978. The minimum absolute atomic E-state index is 0.0365. The molecule has 0 heterocycles. The quantitative estimate of drug-likeness (QED) is 0.255. The van der Waals surface area contributed by atoms with Crippen molar-refractivity contribution in [3.05, 3.63) is 70.3 Å². The number of non-ortho nitro benzene ring substituents is 1. The summed E-state index contributed by atoms with van der Waals surface area (Å²) in [7, 11) is 0. The van der Waals surface area contributed by atoms with E-state index in [-0.39, 0.29) is 5.69 Å². The van der Waals surface area contributed by atoms with Crippen LogP contribution in [-0.2, 0) is 14.3 Å². The Kier molecular flexibility index (Phi) is 7.13. The lowest BCUT2D eigenvalue weighted by Crippen LogP contribution is -2.29. The van der Waals surface area contributed by atoms with Gasteiger partial charge in [-0.05, 0) is 49.1 Å². The third-order valence-corrected chi connectivity index (χ3v) is 4.34. The number of nitro benzene ring substituents is 1. The summed E-state index contributed by atoms with van der Waals surface area (Å²) in [6, 6.07) is 13.0. The number of carbonyl (C=O) groups is 2. The summed E-state index contributed by atoms with van der Waals surface area (Å²) < 4.78 is 5.09. The molecule has 0 bridgehead atoms. The van der Waals surface area contributed by atoms with Gasteiger partial charge in [-0.1, -0.05) is 12.1 Å². The number of nitrogens with zero attached hydrogens (tertiary/aromatic N) is 1. The van der Waals surface area contributed by atoms with E-state index >= 15 is 0 Å². The van der Waals surface area contributed by atoms with Crippen LogP contribution < -0.4 is 5.32 Å². The normalized spacial score (nSPS) is 11.8. The SMILES string of the molecule is CSc1ccccc1NC(=O)[C@H](C)OC(=O)/C=C/c1ccc([N+](=O)[O-])cc1. The summed E-state index contributed by atoms with van der Waals surface area (Å²) in [5, 5.41) is 13.3. The number of amides is 1. The highest BCUT2D eigenvalue weighted by molar-refractivity contribution is 7.98. The van der Waals surface area contributed by atoms with Gasteiger partial charge in [-0.25, -0.2) is 4.79 Å². The molecule has 8 heteroatoms. The van der Waals surface area contributed by atoms with Crippen molar-refractivity contribution in [2.45, 2.75) is 17.9 Å². The van der Waals surface area contributed by atoms with Gasteiger partial charge in [0.2, 0.25) is 0 Å². The van der Waals surface area contributed by atoms with E-state index in [2.05, 4.69) is 5.32 Å². The summed E-state index contributed by atoms with van der Waals surface area (Å²) in [6.07, 6.45) is 3.55. The first kappa shape index (κ1) is 20.2. The largest absolute Gasteiger partial charge is 0.449 e. The van der Waals surface area contributed by atoms with Gasteiger partial charge in [0.05, 0.1) is 10.6 Å². The molecule has 0 unspecified atom stereocenters. The molecule has 1 amide bonds. The average Bonchev–Trinajstić information content (AvgIpc) is 2.67. The Balaban J connectivity index is 1.92. The molecule has 140 valence electrons. The number of thioether (sulfide) groups is 1. The van der Waals surface area contributed by atoms with Crippen molar-refractivity contribution < 1.29 is 19.2 Å². The number of anilines is 1. The van der Waals surface area contributed by atoms with Crippen molar-refractivity contribution in [1.82, 2.24) is 0 Å². The number of hydrogen-bond acceptors (Lipinski definition) is 6. The molecule has 0 spiro atoms. The number of hydrogen-bond donors (Lipinski definition) is 1. The van der Waals surface area contributed by atoms with Crippen molar-refractivity contribution in [3.63, 3.8) is 0 Å². The number of nitro groups is 1. The van der Waals surface area contributed by atoms with Crippen LogP contribution in [0.3, 0.4) is 0 Å². The van der Waals surface area contributed by atoms with Crippen molar-refractivity contribution in [2.75, 3.05) is 11.6 Å². The Labute approximate surface area is 160 Å².